The van der Waals surface area contributed by atoms with E-state index in [4.69, 9.17) is 0 Å². The molecule has 2 bridgehead atoms. The molecular weight excluding hydrogens is 304 g/mol. The molecule has 2 nitrogen and oxygen atoms in total. The fourth-order valence-electron chi connectivity index (χ4n) is 4.73. The van der Waals surface area contributed by atoms with Crippen molar-refractivity contribution >= 4 is 10.9 Å². The molecule has 0 amide bonds. The van der Waals surface area contributed by atoms with Crippen LogP contribution in [-0.4, -0.2) is 22.5 Å². The highest BCUT2D eigenvalue weighted by Crippen LogP contribution is 2.33. The molecule has 1 aliphatic carbocycles. The van der Waals surface area contributed by atoms with Gasteiger partial charge in [-0.1, -0.05) is 42.5 Å². The molecule has 1 fully saturated rings. The zero-order chi connectivity index (χ0) is 16.6. The second-order valence-corrected chi connectivity index (χ2v) is 7.74. The second-order valence-electron chi connectivity index (χ2n) is 7.74. The van der Waals surface area contributed by atoms with Crippen molar-refractivity contribution in [3.8, 4) is 0 Å². The zero-order valence-corrected chi connectivity index (χ0v) is 14.6. The Hall–Kier alpha value is -2.19. The molecule has 2 aliphatic heterocycles. The fraction of sp³-hybridized carbons (Fsp3) is 0.348. The molecule has 0 N–H and O–H groups in total. The van der Waals surface area contributed by atoms with Crippen molar-refractivity contribution in [1.29, 1.82) is 0 Å². The van der Waals surface area contributed by atoms with E-state index in [2.05, 4.69) is 70.7 Å². The van der Waals surface area contributed by atoms with E-state index >= 15 is 0 Å². The zero-order valence-electron chi connectivity index (χ0n) is 14.6. The molecule has 6 rings (SSSR count). The lowest BCUT2D eigenvalue weighted by molar-refractivity contribution is 0.0938. The number of pyridine rings is 1. The van der Waals surface area contributed by atoms with Crippen LogP contribution in [0.4, 0.5) is 0 Å². The SMILES string of the molecule is c1ccc2c(c1)C[C@@H]1CC[C@H](C2)N(Cc2cnc3ccccc3c2)C1. The number of fused-ring (bicyclic) bond motifs is 3. The van der Waals surface area contributed by atoms with Gasteiger partial charge in [0.15, 0.2) is 0 Å². The van der Waals surface area contributed by atoms with E-state index in [1.54, 1.807) is 11.1 Å². The van der Waals surface area contributed by atoms with Gasteiger partial charge in [-0.15, -0.1) is 0 Å². The Morgan fingerprint density at radius 2 is 1.72 bits per heavy atom. The lowest BCUT2D eigenvalue weighted by Gasteiger charge is -2.42. The van der Waals surface area contributed by atoms with Gasteiger partial charge >= 0.3 is 0 Å². The van der Waals surface area contributed by atoms with Crippen molar-refractivity contribution in [3.05, 3.63) is 77.5 Å². The van der Waals surface area contributed by atoms with E-state index in [-0.39, 0.29) is 0 Å². The lowest BCUT2D eigenvalue weighted by Crippen LogP contribution is -2.46. The molecule has 126 valence electrons. The number of para-hydroxylation sites is 1. The summed E-state index contributed by atoms with van der Waals surface area (Å²) in [5, 5.41) is 1.25. The number of nitrogens with zero attached hydrogens (tertiary/aromatic N) is 2. The van der Waals surface area contributed by atoms with E-state index in [0.717, 1.165) is 18.0 Å². The van der Waals surface area contributed by atoms with Crippen molar-refractivity contribution in [2.75, 3.05) is 6.54 Å². The summed E-state index contributed by atoms with van der Waals surface area (Å²) in [7, 11) is 0. The largest absolute Gasteiger partial charge is 0.295 e. The van der Waals surface area contributed by atoms with Gasteiger partial charge in [-0.3, -0.25) is 9.88 Å². The third-order valence-electron chi connectivity index (χ3n) is 6.03. The van der Waals surface area contributed by atoms with E-state index in [0.29, 0.717) is 6.04 Å². The molecule has 2 atom stereocenters. The molecule has 1 aromatic heterocycles. The van der Waals surface area contributed by atoms with E-state index < -0.39 is 0 Å². The molecule has 3 aromatic rings. The number of aromatic nitrogens is 1. The molecule has 2 aromatic carbocycles. The van der Waals surface area contributed by atoms with E-state index in [9.17, 15) is 0 Å². The fourth-order valence-corrected chi connectivity index (χ4v) is 4.73. The summed E-state index contributed by atoms with van der Waals surface area (Å²) in [5.41, 5.74) is 5.59. The molecule has 2 heteroatoms. The first-order valence-electron chi connectivity index (χ1n) is 9.50. The third-order valence-corrected chi connectivity index (χ3v) is 6.03. The summed E-state index contributed by atoms with van der Waals surface area (Å²) in [6, 6.07) is 20.5. The van der Waals surface area contributed by atoms with Gasteiger partial charge in [-0.2, -0.15) is 0 Å². The standard InChI is InChI=1S/C23H24N2/c1-2-6-20-13-22-10-9-17(11-19(20)5-1)15-25(22)16-18-12-21-7-3-4-8-23(21)24-14-18/h1-8,12,14,17,22H,9-11,13,15-16H2/t17-,22+/m0/s1. The Balaban J connectivity index is 1.42. The van der Waals surface area contributed by atoms with Crippen LogP contribution in [0.5, 0.6) is 0 Å². The first-order valence-corrected chi connectivity index (χ1v) is 9.50. The summed E-state index contributed by atoms with van der Waals surface area (Å²) in [5.74, 6) is 0.797. The van der Waals surface area contributed by atoms with Crippen LogP contribution in [0.15, 0.2) is 60.8 Å². The molecule has 0 spiro atoms. The second kappa shape index (κ2) is 6.27. The topological polar surface area (TPSA) is 16.1 Å². The van der Waals surface area contributed by atoms with Crippen molar-refractivity contribution in [1.82, 2.24) is 9.88 Å². The minimum Gasteiger partial charge on any atom is -0.295 e. The van der Waals surface area contributed by atoms with Gasteiger partial charge in [0.1, 0.15) is 0 Å². The van der Waals surface area contributed by atoms with Crippen LogP contribution in [0.25, 0.3) is 10.9 Å². The molecule has 3 aliphatic rings. The van der Waals surface area contributed by atoms with Crippen molar-refractivity contribution in [3.63, 3.8) is 0 Å². The van der Waals surface area contributed by atoms with Crippen molar-refractivity contribution < 1.29 is 0 Å². The summed E-state index contributed by atoms with van der Waals surface area (Å²) >= 11 is 0. The normalized spacial score (nSPS) is 23.2. The molecule has 0 saturated carbocycles. The summed E-state index contributed by atoms with van der Waals surface area (Å²) in [4.78, 5) is 7.38. The maximum atomic E-state index is 4.66. The molecule has 3 heterocycles. The number of piperidine rings is 1. The van der Waals surface area contributed by atoms with Gasteiger partial charge in [0.25, 0.3) is 0 Å². The van der Waals surface area contributed by atoms with Gasteiger partial charge < -0.3 is 0 Å². The maximum absolute atomic E-state index is 4.66. The number of hydrogen-bond acceptors (Lipinski definition) is 2. The van der Waals surface area contributed by atoms with Crippen molar-refractivity contribution in [2.45, 2.75) is 38.3 Å². The predicted molar refractivity (Wildman–Crippen MR) is 103 cm³/mol. The Bertz CT molecular complexity index is 901. The van der Waals surface area contributed by atoms with Crippen LogP contribution in [-0.2, 0) is 19.4 Å². The summed E-state index contributed by atoms with van der Waals surface area (Å²) in [6.45, 7) is 2.26. The Morgan fingerprint density at radius 1 is 0.920 bits per heavy atom. The van der Waals surface area contributed by atoms with E-state index in [1.165, 1.54) is 43.2 Å². The average molecular weight is 328 g/mol. The van der Waals surface area contributed by atoms with Crippen LogP contribution in [0.1, 0.15) is 29.5 Å². The number of rotatable bonds is 2. The van der Waals surface area contributed by atoms with Crippen LogP contribution in [0, 0.1) is 5.92 Å². The maximum Gasteiger partial charge on any atom is 0.0702 e. The molecule has 0 radical (unpaired) electrons. The predicted octanol–water partition coefficient (Wildman–Crippen LogP) is 4.61. The monoisotopic (exact) mass is 328 g/mol. The summed E-state index contributed by atoms with van der Waals surface area (Å²) in [6.07, 6.45) is 7.23. The lowest BCUT2D eigenvalue weighted by atomic mass is 9.80. The first kappa shape index (κ1) is 15.1. The number of hydrogen-bond donors (Lipinski definition) is 0. The van der Waals surface area contributed by atoms with Crippen LogP contribution in [0.2, 0.25) is 0 Å². The van der Waals surface area contributed by atoms with Crippen LogP contribution < -0.4 is 0 Å². The number of benzene rings is 2. The smallest absolute Gasteiger partial charge is 0.0702 e. The third kappa shape index (κ3) is 2.96. The van der Waals surface area contributed by atoms with Gasteiger partial charge in [0.05, 0.1) is 5.52 Å². The van der Waals surface area contributed by atoms with Crippen LogP contribution >= 0.6 is 0 Å². The average Bonchev–Trinajstić information content (AvgIpc) is 2.62. The minimum atomic E-state index is 0.671. The van der Waals surface area contributed by atoms with Gasteiger partial charge in [0.2, 0.25) is 0 Å². The quantitative estimate of drug-likeness (QED) is 0.683. The highest BCUT2D eigenvalue weighted by Gasteiger charge is 2.31. The Labute approximate surface area is 149 Å². The highest BCUT2D eigenvalue weighted by atomic mass is 15.2. The first-order chi connectivity index (χ1) is 12.3. The molecule has 1 saturated heterocycles. The Morgan fingerprint density at radius 3 is 2.64 bits per heavy atom. The van der Waals surface area contributed by atoms with Gasteiger partial charge in [0, 0.05) is 30.7 Å². The van der Waals surface area contributed by atoms with E-state index in [1.807, 2.05) is 0 Å². The van der Waals surface area contributed by atoms with Crippen LogP contribution in [0.3, 0.4) is 0 Å². The Kier molecular flexibility index (Phi) is 3.79. The molecular formula is C23H24N2. The van der Waals surface area contributed by atoms with Gasteiger partial charge in [-0.05, 0) is 60.4 Å². The van der Waals surface area contributed by atoms with Gasteiger partial charge in [-0.25, -0.2) is 0 Å². The molecule has 0 unspecified atom stereocenters. The minimum absolute atomic E-state index is 0.671. The van der Waals surface area contributed by atoms with Crippen molar-refractivity contribution in [2.24, 2.45) is 5.92 Å². The summed E-state index contributed by atoms with van der Waals surface area (Å²) < 4.78 is 0. The molecule has 25 heavy (non-hydrogen) atoms. The highest BCUT2D eigenvalue weighted by molar-refractivity contribution is 5.78.